The normalized spacial score (nSPS) is 9.92. The molecule has 24 heavy (non-hydrogen) atoms. The largest absolute Gasteiger partial charge is 0.513 e. The molecule has 0 aliphatic heterocycles. The van der Waals surface area contributed by atoms with Gasteiger partial charge in [0.05, 0.1) is 14.2 Å². The van der Waals surface area contributed by atoms with Crippen LogP contribution >= 0.6 is 11.8 Å². The number of hydrogen-bond acceptors (Lipinski definition) is 8. The van der Waals surface area contributed by atoms with Crippen LogP contribution in [0.2, 0.25) is 0 Å². The summed E-state index contributed by atoms with van der Waals surface area (Å²) in [5.41, 5.74) is -0.246. The summed E-state index contributed by atoms with van der Waals surface area (Å²) in [6.07, 6.45) is 0.845. The summed E-state index contributed by atoms with van der Waals surface area (Å²) >= 11 is 1.22. The summed E-state index contributed by atoms with van der Waals surface area (Å²) < 4.78 is 14.7. The molecule has 0 atom stereocenters. The Morgan fingerprint density at radius 1 is 1.38 bits per heavy atom. The Bertz CT molecular complexity index is 872. The van der Waals surface area contributed by atoms with Crippen molar-refractivity contribution in [3.63, 3.8) is 0 Å². The van der Waals surface area contributed by atoms with Crippen molar-refractivity contribution < 1.29 is 19.0 Å². The fourth-order valence-corrected chi connectivity index (χ4v) is 2.30. The number of H-pyrrole nitrogens is 1. The molecule has 9 heteroatoms. The molecule has 0 saturated heterocycles. The van der Waals surface area contributed by atoms with E-state index in [0.29, 0.717) is 16.5 Å². The minimum absolute atomic E-state index is 0.137. The van der Waals surface area contributed by atoms with Crippen molar-refractivity contribution in [2.45, 2.75) is 5.16 Å². The van der Waals surface area contributed by atoms with E-state index in [1.165, 1.54) is 44.2 Å². The Balaban J connectivity index is 2.68. The molecule has 0 radical (unpaired) electrons. The Morgan fingerprint density at radius 2 is 2.12 bits per heavy atom. The van der Waals surface area contributed by atoms with Gasteiger partial charge >= 0.3 is 6.16 Å². The van der Waals surface area contributed by atoms with E-state index >= 15 is 0 Å². The van der Waals surface area contributed by atoms with Crippen molar-refractivity contribution in [1.29, 1.82) is 5.26 Å². The Labute approximate surface area is 141 Å². The van der Waals surface area contributed by atoms with Crippen LogP contribution in [0.4, 0.5) is 4.79 Å². The molecule has 0 amide bonds. The van der Waals surface area contributed by atoms with Crippen LogP contribution in [0.5, 0.6) is 11.5 Å². The Hall–Kier alpha value is -2.99. The maximum absolute atomic E-state index is 12.1. The minimum Gasteiger partial charge on any atom is -0.496 e. The number of nitrogens with one attached hydrogen (secondary N) is 1. The average molecular weight is 347 g/mol. The van der Waals surface area contributed by atoms with Gasteiger partial charge in [0, 0.05) is 5.56 Å². The van der Waals surface area contributed by atoms with Gasteiger partial charge in [-0.25, -0.2) is 9.78 Å². The molecule has 0 saturated carbocycles. The molecule has 8 nitrogen and oxygen atoms in total. The van der Waals surface area contributed by atoms with Crippen LogP contribution < -0.4 is 15.0 Å². The molecule has 1 N–H and O–H groups in total. The highest BCUT2D eigenvalue weighted by molar-refractivity contribution is 7.98. The Morgan fingerprint density at radius 3 is 2.71 bits per heavy atom. The van der Waals surface area contributed by atoms with Gasteiger partial charge in [-0.2, -0.15) is 5.26 Å². The number of hydrogen-bond donors (Lipinski definition) is 1. The number of methoxy groups -OCH3 is 2. The van der Waals surface area contributed by atoms with Gasteiger partial charge in [0.25, 0.3) is 5.56 Å². The summed E-state index contributed by atoms with van der Waals surface area (Å²) in [4.78, 5) is 30.1. The van der Waals surface area contributed by atoms with E-state index in [0.717, 1.165) is 0 Å². The van der Waals surface area contributed by atoms with Gasteiger partial charge in [-0.05, 0) is 24.5 Å². The smallest absolute Gasteiger partial charge is 0.496 e. The number of benzene rings is 1. The zero-order valence-electron chi connectivity index (χ0n) is 13.1. The van der Waals surface area contributed by atoms with Gasteiger partial charge in [-0.1, -0.05) is 11.8 Å². The highest BCUT2D eigenvalue weighted by atomic mass is 32.2. The number of ether oxygens (including phenoxy) is 3. The standard InChI is InChI=1S/C15H13N3O5S/c1-21-11-5-4-8(23-15(20)22-2)6-9(11)12-10(7-16)13(19)18-14(17-12)24-3/h4-6H,1-3H3,(H,17,18,19). The number of nitrogens with zero attached hydrogens (tertiary/aromatic N) is 2. The van der Waals surface area contributed by atoms with E-state index in [-0.39, 0.29) is 17.0 Å². The fraction of sp³-hybridized carbons (Fsp3) is 0.200. The molecule has 1 aromatic heterocycles. The van der Waals surface area contributed by atoms with Crippen molar-refractivity contribution in [1.82, 2.24) is 9.97 Å². The quantitative estimate of drug-likeness (QED) is 0.387. The van der Waals surface area contributed by atoms with Crippen LogP contribution in [0.1, 0.15) is 5.56 Å². The first-order valence-electron chi connectivity index (χ1n) is 6.56. The van der Waals surface area contributed by atoms with Gasteiger partial charge in [-0.15, -0.1) is 0 Å². The van der Waals surface area contributed by atoms with Gasteiger partial charge < -0.3 is 19.2 Å². The number of aromatic nitrogens is 2. The molecule has 0 aliphatic rings. The molecule has 2 rings (SSSR count). The highest BCUT2D eigenvalue weighted by Gasteiger charge is 2.18. The minimum atomic E-state index is -0.893. The molecule has 1 aromatic carbocycles. The lowest BCUT2D eigenvalue weighted by Crippen LogP contribution is -2.15. The zero-order chi connectivity index (χ0) is 17.7. The van der Waals surface area contributed by atoms with Crippen LogP contribution in [0, 0.1) is 11.3 Å². The molecule has 2 aromatic rings. The average Bonchev–Trinajstić information content (AvgIpc) is 2.60. The molecular weight excluding hydrogens is 334 g/mol. The summed E-state index contributed by atoms with van der Waals surface area (Å²) in [6, 6.07) is 6.31. The number of rotatable bonds is 4. The summed E-state index contributed by atoms with van der Waals surface area (Å²) in [6.45, 7) is 0. The zero-order valence-corrected chi connectivity index (χ0v) is 13.9. The second kappa shape index (κ2) is 7.52. The van der Waals surface area contributed by atoms with Gasteiger partial charge in [0.2, 0.25) is 0 Å². The maximum Gasteiger partial charge on any atom is 0.513 e. The van der Waals surface area contributed by atoms with Gasteiger partial charge in [0.1, 0.15) is 28.8 Å². The van der Waals surface area contributed by atoms with Crippen LogP contribution in [0.3, 0.4) is 0 Å². The van der Waals surface area contributed by atoms with E-state index in [1.807, 2.05) is 6.07 Å². The van der Waals surface area contributed by atoms with Gasteiger partial charge in [0.15, 0.2) is 5.16 Å². The first-order chi connectivity index (χ1) is 11.5. The monoisotopic (exact) mass is 347 g/mol. The number of carbonyl (C=O) groups excluding carboxylic acids is 1. The first kappa shape index (κ1) is 17.4. The predicted molar refractivity (Wildman–Crippen MR) is 86.4 cm³/mol. The molecule has 0 unspecified atom stereocenters. The van der Waals surface area contributed by atoms with Crippen molar-refractivity contribution in [3.8, 4) is 28.8 Å². The topological polar surface area (TPSA) is 114 Å². The van der Waals surface area contributed by atoms with Crippen LogP contribution in [0.15, 0.2) is 28.2 Å². The second-order valence-corrected chi connectivity index (χ2v) is 5.12. The molecule has 1 heterocycles. The van der Waals surface area contributed by atoms with Crippen LogP contribution in [0.25, 0.3) is 11.3 Å². The molecule has 0 fully saturated rings. The lowest BCUT2D eigenvalue weighted by Gasteiger charge is -2.11. The van der Waals surface area contributed by atoms with E-state index in [2.05, 4.69) is 14.7 Å². The van der Waals surface area contributed by atoms with Gasteiger partial charge in [-0.3, -0.25) is 4.79 Å². The number of thioether (sulfide) groups is 1. The van der Waals surface area contributed by atoms with Crippen LogP contribution in [-0.2, 0) is 4.74 Å². The highest BCUT2D eigenvalue weighted by Crippen LogP contribution is 2.34. The molecule has 0 aliphatic carbocycles. The molecular formula is C15H13N3O5S. The number of nitriles is 1. The van der Waals surface area contributed by atoms with Crippen molar-refractivity contribution >= 4 is 17.9 Å². The summed E-state index contributed by atoms with van der Waals surface area (Å²) in [5, 5.41) is 9.62. The molecule has 0 bridgehead atoms. The SMILES string of the molecule is COC(=O)Oc1ccc(OC)c(-c2nc(SC)[nH]c(=O)c2C#N)c1. The maximum atomic E-state index is 12.1. The first-order valence-corrected chi connectivity index (χ1v) is 7.79. The number of carbonyl (C=O) groups is 1. The third-order valence-corrected chi connectivity index (χ3v) is 3.58. The van der Waals surface area contributed by atoms with E-state index < -0.39 is 11.7 Å². The number of aromatic amines is 1. The second-order valence-electron chi connectivity index (χ2n) is 4.33. The van der Waals surface area contributed by atoms with Crippen molar-refractivity contribution in [2.24, 2.45) is 0 Å². The van der Waals surface area contributed by atoms with Crippen LogP contribution in [-0.4, -0.2) is 36.6 Å². The predicted octanol–water partition coefficient (Wildman–Crippen LogP) is 2.18. The lowest BCUT2D eigenvalue weighted by molar-refractivity contribution is 0.121. The molecule has 0 spiro atoms. The summed E-state index contributed by atoms with van der Waals surface area (Å²) in [7, 11) is 2.62. The third kappa shape index (κ3) is 3.49. The lowest BCUT2D eigenvalue weighted by atomic mass is 10.1. The Kier molecular flexibility index (Phi) is 5.44. The van der Waals surface area contributed by atoms with Crippen molar-refractivity contribution in [3.05, 3.63) is 34.1 Å². The van der Waals surface area contributed by atoms with E-state index in [4.69, 9.17) is 9.47 Å². The molecule has 124 valence electrons. The van der Waals surface area contributed by atoms with E-state index in [1.54, 1.807) is 6.26 Å². The third-order valence-electron chi connectivity index (χ3n) is 3.00. The van der Waals surface area contributed by atoms with Crippen molar-refractivity contribution in [2.75, 3.05) is 20.5 Å². The van der Waals surface area contributed by atoms with E-state index in [9.17, 15) is 14.9 Å². The fourth-order valence-electron chi connectivity index (χ4n) is 1.92. The summed E-state index contributed by atoms with van der Waals surface area (Å²) in [5.74, 6) is 0.531.